The molecule has 0 bridgehead atoms. The molecule has 1 aromatic heterocycles. The topological polar surface area (TPSA) is 56.2 Å². The average Bonchev–Trinajstić information content (AvgIpc) is 3.05. The molecule has 5 nitrogen and oxygen atoms in total. The Labute approximate surface area is 164 Å². The van der Waals surface area contributed by atoms with Gasteiger partial charge in [-0.3, -0.25) is 4.79 Å². The maximum absolute atomic E-state index is 11.2. The van der Waals surface area contributed by atoms with Crippen LogP contribution in [0.2, 0.25) is 0 Å². The first kappa shape index (κ1) is 18.0. The number of hydrogen-bond donors (Lipinski definition) is 1. The molecule has 0 radical (unpaired) electrons. The number of ether oxygens (including phenoxy) is 1. The standard InChI is InChI=1S/C23H23N3O2/c1-17(27)24-13-12-23-25-21-8-4-5-9-22(21)26(23)14-15-28-20-11-10-18-6-2-3-7-19(18)16-20/h2-11,16H,12-15H2,1H3,(H,24,27). The number of aromatic nitrogens is 2. The van der Waals surface area contributed by atoms with Crippen molar-refractivity contribution < 1.29 is 9.53 Å². The number of nitrogens with one attached hydrogen (secondary N) is 1. The molecule has 4 aromatic rings. The summed E-state index contributed by atoms with van der Waals surface area (Å²) in [5, 5.41) is 5.22. The van der Waals surface area contributed by atoms with Crippen LogP contribution >= 0.6 is 0 Å². The van der Waals surface area contributed by atoms with E-state index in [1.165, 1.54) is 17.7 Å². The predicted molar refractivity (Wildman–Crippen MR) is 112 cm³/mol. The lowest BCUT2D eigenvalue weighted by molar-refractivity contribution is -0.118. The molecule has 142 valence electrons. The van der Waals surface area contributed by atoms with E-state index in [1.54, 1.807) is 0 Å². The molecule has 0 aliphatic rings. The minimum Gasteiger partial charge on any atom is -0.492 e. The minimum absolute atomic E-state index is 0.0256. The number of hydrogen-bond acceptors (Lipinski definition) is 3. The molecule has 1 N–H and O–H groups in total. The molecule has 1 heterocycles. The Kier molecular flexibility index (Phi) is 5.24. The largest absolute Gasteiger partial charge is 0.492 e. The van der Waals surface area contributed by atoms with E-state index in [4.69, 9.17) is 9.72 Å². The minimum atomic E-state index is -0.0256. The van der Waals surface area contributed by atoms with Gasteiger partial charge in [-0.1, -0.05) is 42.5 Å². The second-order valence-corrected chi connectivity index (χ2v) is 6.76. The van der Waals surface area contributed by atoms with Gasteiger partial charge in [-0.25, -0.2) is 4.98 Å². The third kappa shape index (κ3) is 3.98. The zero-order chi connectivity index (χ0) is 19.3. The van der Waals surface area contributed by atoms with Gasteiger partial charge >= 0.3 is 0 Å². The van der Waals surface area contributed by atoms with E-state index in [-0.39, 0.29) is 5.91 Å². The number of para-hydroxylation sites is 2. The monoisotopic (exact) mass is 373 g/mol. The van der Waals surface area contributed by atoms with Gasteiger partial charge in [0.25, 0.3) is 0 Å². The maximum Gasteiger partial charge on any atom is 0.216 e. The highest BCUT2D eigenvalue weighted by Gasteiger charge is 2.10. The molecule has 0 fully saturated rings. The Morgan fingerprint density at radius 3 is 2.68 bits per heavy atom. The molecule has 0 atom stereocenters. The van der Waals surface area contributed by atoms with Crippen LogP contribution in [0.15, 0.2) is 66.7 Å². The number of imidazole rings is 1. The Balaban J connectivity index is 1.48. The van der Waals surface area contributed by atoms with Gasteiger partial charge in [0.05, 0.1) is 17.6 Å². The van der Waals surface area contributed by atoms with Crippen LogP contribution in [0, 0.1) is 0 Å². The molecule has 0 aliphatic heterocycles. The van der Waals surface area contributed by atoms with Gasteiger partial charge in [-0.05, 0) is 35.0 Å². The van der Waals surface area contributed by atoms with Gasteiger partial charge in [0.2, 0.25) is 5.91 Å². The van der Waals surface area contributed by atoms with Crippen LogP contribution in [0.4, 0.5) is 0 Å². The Morgan fingerprint density at radius 2 is 1.82 bits per heavy atom. The average molecular weight is 373 g/mol. The molecule has 0 saturated heterocycles. The normalized spacial score (nSPS) is 11.0. The van der Waals surface area contributed by atoms with Crippen molar-refractivity contribution in [2.45, 2.75) is 19.9 Å². The fourth-order valence-electron chi connectivity index (χ4n) is 3.43. The first-order chi connectivity index (χ1) is 13.7. The van der Waals surface area contributed by atoms with E-state index in [0.717, 1.165) is 22.6 Å². The molecule has 0 aliphatic carbocycles. The fourth-order valence-corrected chi connectivity index (χ4v) is 3.43. The predicted octanol–water partition coefficient (Wildman–Crippen LogP) is 3.95. The summed E-state index contributed by atoms with van der Waals surface area (Å²) in [6, 6.07) is 22.5. The van der Waals surface area contributed by atoms with Crippen molar-refractivity contribution in [1.29, 1.82) is 0 Å². The van der Waals surface area contributed by atoms with Crippen LogP contribution < -0.4 is 10.1 Å². The Hall–Kier alpha value is -3.34. The maximum atomic E-state index is 11.2. The van der Waals surface area contributed by atoms with Gasteiger partial charge in [-0.15, -0.1) is 0 Å². The fraction of sp³-hybridized carbons (Fsp3) is 0.217. The molecule has 28 heavy (non-hydrogen) atoms. The lowest BCUT2D eigenvalue weighted by Gasteiger charge is -2.11. The number of carbonyl (C=O) groups is 1. The van der Waals surface area contributed by atoms with E-state index >= 15 is 0 Å². The zero-order valence-electron chi connectivity index (χ0n) is 15.9. The van der Waals surface area contributed by atoms with Gasteiger partial charge < -0.3 is 14.6 Å². The molecule has 5 heteroatoms. The van der Waals surface area contributed by atoms with Crippen molar-refractivity contribution in [2.75, 3.05) is 13.2 Å². The molecule has 0 saturated carbocycles. The van der Waals surface area contributed by atoms with Gasteiger partial charge in [0.15, 0.2) is 0 Å². The van der Waals surface area contributed by atoms with Crippen molar-refractivity contribution in [2.24, 2.45) is 0 Å². The molecular formula is C23H23N3O2. The van der Waals surface area contributed by atoms with Gasteiger partial charge in [0.1, 0.15) is 18.2 Å². The van der Waals surface area contributed by atoms with Crippen LogP contribution in [0.3, 0.4) is 0 Å². The van der Waals surface area contributed by atoms with Crippen LogP contribution in [-0.4, -0.2) is 28.6 Å². The molecule has 1 amide bonds. The van der Waals surface area contributed by atoms with E-state index in [9.17, 15) is 4.79 Å². The molecule has 0 unspecified atom stereocenters. The van der Waals surface area contributed by atoms with Crippen molar-refractivity contribution in [3.63, 3.8) is 0 Å². The van der Waals surface area contributed by atoms with E-state index in [0.29, 0.717) is 26.1 Å². The number of fused-ring (bicyclic) bond motifs is 2. The summed E-state index contributed by atoms with van der Waals surface area (Å²) in [4.78, 5) is 15.9. The number of carbonyl (C=O) groups excluding carboxylic acids is 1. The first-order valence-electron chi connectivity index (χ1n) is 9.51. The third-order valence-corrected chi connectivity index (χ3v) is 4.76. The van der Waals surface area contributed by atoms with Crippen molar-refractivity contribution in [3.05, 3.63) is 72.6 Å². The second kappa shape index (κ2) is 8.13. The summed E-state index contributed by atoms with van der Waals surface area (Å²) >= 11 is 0. The Bertz CT molecular complexity index is 1120. The summed E-state index contributed by atoms with van der Waals surface area (Å²) in [7, 11) is 0. The lowest BCUT2D eigenvalue weighted by Crippen LogP contribution is -2.24. The van der Waals surface area contributed by atoms with Gasteiger partial charge in [0, 0.05) is 19.9 Å². The third-order valence-electron chi connectivity index (χ3n) is 4.76. The van der Waals surface area contributed by atoms with Crippen LogP contribution in [0.25, 0.3) is 21.8 Å². The number of amides is 1. The highest BCUT2D eigenvalue weighted by atomic mass is 16.5. The Morgan fingerprint density at radius 1 is 1.04 bits per heavy atom. The summed E-state index contributed by atoms with van der Waals surface area (Å²) in [6.07, 6.45) is 0.685. The number of rotatable bonds is 7. The van der Waals surface area contributed by atoms with E-state index in [2.05, 4.69) is 40.2 Å². The quantitative estimate of drug-likeness (QED) is 0.534. The summed E-state index contributed by atoms with van der Waals surface area (Å²) in [5.74, 6) is 1.79. The van der Waals surface area contributed by atoms with Crippen molar-refractivity contribution >= 4 is 27.7 Å². The lowest BCUT2D eigenvalue weighted by atomic mass is 10.1. The first-order valence-corrected chi connectivity index (χ1v) is 9.51. The summed E-state index contributed by atoms with van der Waals surface area (Å²) < 4.78 is 8.19. The van der Waals surface area contributed by atoms with Crippen LogP contribution in [0.5, 0.6) is 5.75 Å². The smallest absolute Gasteiger partial charge is 0.216 e. The van der Waals surface area contributed by atoms with Crippen molar-refractivity contribution in [3.8, 4) is 5.75 Å². The molecule has 3 aromatic carbocycles. The summed E-state index contributed by atoms with van der Waals surface area (Å²) in [6.45, 7) is 3.35. The summed E-state index contributed by atoms with van der Waals surface area (Å²) in [5.41, 5.74) is 2.05. The SMILES string of the molecule is CC(=O)NCCc1nc2ccccc2n1CCOc1ccc2ccccc2c1. The zero-order valence-corrected chi connectivity index (χ0v) is 15.9. The van der Waals surface area contributed by atoms with E-state index < -0.39 is 0 Å². The van der Waals surface area contributed by atoms with Gasteiger partial charge in [-0.2, -0.15) is 0 Å². The highest BCUT2D eigenvalue weighted by molar-refractivity contribution is 5.83. The molecule has 0 spiro atoms. The van der Waals surface area contributed by atoms with Crippen LogP contribution in [-0.2, 0) is 17.8 Å². The van der Waals surface area contributed by atoms with Crippen molar-refractivity contribution in [1.82, 2.24) is 14.9 Å². The molecular weight excluding hydrogens is 350 g/mol. The second-order valence-electron chi connectivity index (χ2n) is 6.76. The van der Waals surface area contributed by atoms with E-state index in [1.807, 2.05) is 36.4 Å². The van der Waals surface area contributed by atoms with Crippen LogP contribution in [0.1, 0.15) is 12.7 Å². The number of nitrogens with zero attached hydrogens (tertiary/aromatic N) is 2. The highest BCUT2D eigenvalue weighted by Crippen LogP contribution is 2.21. The molecule has 4 rings (SSSR count). The number of benzene rings is 3.